The average molecular weight is 359 g/mol. The van der Waals surface area contributed by atoms with Crippen molar-refractivity contribution in [2.45, 2.75) is 19.6 Å². The molecule has 128 valence electrons. The lowest BCUT2D eigenvalue weighted by molar-refractivity contribution is -0.148. The molecule has 1 atom stereocenters. The molecule has 7 heteroatoms. The normalized spacial score (nSPS) is 12.1. The zero-order valence-corrected chi connectivity index (χ0v) is 14.1. The highest BCUT2D eigenvalue weighted by atomic mass is 35.5. The molecule has 1 aromatic heterocycles. The van der Waals surface area contributed by atoms with Crippen LogP contribution in [0.1, 0.15) is 18.5 Å². The van der Waals surface area contributed by atoms with Crippen LogP contribution in [-0.2, 0) is 16.1 Å². The van der Waals surface area contributed by atoms with Gasteiger partial charge in [-0.3, -0.25) is 4.79 Å². The van der Waals surface area contributed by atoms with Crippen LogP contribution in [0.5, 0.6) is 0 Å². The van der Waals surface area contributed by atoms with Gasteiger partial charge in [0.15, 0.2) is 0 Å². The van der Waals surface area contributed by atoms with E-state index in [1.165, 1.54) is 13.0 Å². The standard InChI is InChI=1S/C18H15ClN2O4/c1-11(17(23)25-10-12-5-3-2-4-6-12)21-16(22)14-9-13(19)7-8-15(14)20-18(21)24/h2-9,11H,10H2,1H3,(H,20,24). The van der Waals surface area contributed by atoms with Crippen LogP contribution < -0.4 is 11.2 Å². The topological polar surface area (TPSA) is 81.2 Å². The minimum atomic E-state index is -1.07. The van der Waals surface area contributed by atoms with Crippen LogP contribution in [0.3, 0.4) is 0 Å². The van der Waals surface area contributed by atoms with E-state index >= 15 is 0 Å². The molecular formula is C18H15ClN2O4. The molecule has 1 N–H and O–H groups in total. The molecule has 1 heterocycles. The summed E-state index contributed by atoms with van der Waals surface area (Å²) in [5.41, 5.74) is -0.0931. The molecule has 25 heavy (non-hydrogen) atoms. The monoisotopic (exact) mass is 358 g/mol. The Bertz CT molecular complexity index is 1040. The first-order valence-electron chi connectivity index (χ1n) is 7.62. The van der Waals surface area contributed by atoms with Crippen LogP contribution in [0.4, 0.5) is 0 Å². The van der Waals surface area contributed by atoms with Gasteiger partial charge < -0.3 is 9.72 Å². The van der Waals surface area contributed by atoms with Gasteiger partial charge in [-0.25, -0.2) is 14.2 Å². The Morgan fingerprint density at radius 2 is 1.92 bits per heavy atom. The van der Waals surface area contributed by atoms with E-state index in [4.69, 9.17) is 16.3 Å². The third kappa shape index (κ3) is 3.49. The van der Waals surface area contributed by atoms with Gasteiger partial charge in [0.1, 0.15) is 12.6 Å². The SMILES string of the molecule is CC(C(=O)OCc1ccccc1)n1c(=O)[nH]c2ccc(Cl)cc2c1=O. The van der Waals surface area contributed by atoms with E-state index in [1.54, 1.807) is 12.1 Å². The molecule has 0 saturated carbocycles. The molecule has 0 bridgehead atoms. The number of esters is 1. The van der Waals surface area contributed by atoms with Crippen LogP contribution in [0.2, 0.25) is 5.02 Å². The van der Waals surface area contributed by atoms with Crippen LogP contribution in [0.25, 0.3) is 10.9 Å². The number of carbonyl (C=O) groups excluding carboxylic acids is 1. The molecule has 1 unspecified atom stereocenters. The number of carbonyl (C=O) groups is 1. The van der Waals surface area contributed by atoms with Crippen molar-refractivity contribution < 1.29 is 9.53 Å². The summed E-state index contributed by atoms with van der Waals surface area (Å²) in [5.74, 6) is -0.669. The van der Waals surface area contributed by atoms with Crippen LogP contribution in [0, 0.1) is 0 Å². The molecule has 6 nitrogen and oxygen atoms in total. The third-order valence-corrected chi connectivity index (χ3v) is 4.08. The van der Waals surface area contributed by atoms with Gasteiger partial charge in [-0.05, 0) is 30.7 Å². The number of ether oxygens (including phenoxy) is 1. The Morgan fingerprint density at radius 1 is 1.20 bits per heavy atom. The zero-order valence-electron chi connectivity index (χ0n) is 13.4. The number of H-pyrrole nitrogens is 1. The molecule has 3 rings (SSSR count). The molecule has 0 spiro atoms. The van der Waals surface area contributed by atoms with Crippen molar-refractivity contribution in [1.82, 2.24) is 9.55 Å². The minimum absolute atomic E-state index is 0.0656. The number of hydrogen-bond acceptors (Lipinski definition) is 4. The van der Waals surface area contributed by atoms with E-state index in [0.717, 1.165) is 10.1 Å². The number of benzene rings is 2. The molecule has 0 aliphatic carbocycles. The smallest absolute Gasteiger partial charge is 0.329 e. The van der Waals surface area contributed by atoms with E-state index in [0.29, 0.717) is 10.5 Å². The fourth-order valence-electron chi connectivity index (χ4n) is 2.51. The Morgan fingerprint density at radius 3 is 2.64 bits per heavy atom. The van der Waals surface area contributed by atoms with Crippen molar-refractivity contribution in [2.75, 3.05) is 0 Å². The second-order valence-electron chi connectivity index (χ2n) is 5.56. The second kappa shape index (κ2) is 6.94. The predicted octanol–water partition coefficient (Wildman–Crippen LogP) is 2.65. The number of nitrogens with one attached hydrogen (secondary N) is 1. The number of fused-ring (bicyclic) bond motifs is 1. The number of aromatic amines is 1. The van der Waals surface area contributed by atoms with Gasteiger partial charge in [-0.1, -0.05) is 41.9 Å². The van der Waals surface area contributed by atoms with E-state index in [9.17, 15) is 14.4 Å². The Kier molecular flexibility index (Phi) is 4.72. The number of nitrogens with zero attached hydrogens (tertiary/aromatic N) is 1. The first-order valence-corrected chi connectivity index (χ1v) is 8.00. The van der Waals surface area contributed by atoms with Gasteiger partial charge in [0.25, 0.3) is 5.56 Å². The molecule has 0 saturated heterocycles. The fraction of sp³-hybridized carbons (Fsp3) is 0.167. The van der Waals surface area contributed by atoms with Crippen molar-refractivity contribution in [2.24, 2.45) is 0 Å². The molecular weight excluding hydrogens is 344 g/mol. The maximum Gasteiger partial charge on any atom is 0.329 e. The quantitative estimate of drug-likeness (QED) is 0.727. The van der Waals surface area contributed by atoms with E-state index < -0.39 is 23.3 Å². The summed E-state index contributed by atoms with van der Waals surface area (Å²) in [5, 5.41) is 0.595. The van der Waals surface area contributed by atoms with Gasteiger partial charge in [0.2, 0.25) is 0 Å². The zero-order chi connectivity index (χ0) is 18.0. The van der Waals surface area contributed by atoms with Crippen molar-refractivity contribution in [3.8, 4) is 0 Å². The first kappa shape index (κ1) is 17.0. The molecule has 0 radical (unpaired) electrons. The summed E-state index contributed by atoms with van der Waals surface area (Å²) in [6.07, 6.45) is 0. The van der Waals surface area contributed by atoms with Crippen molar-refractivity contribution >= 4 is 28.5 Å². The van der Waals surface area contributed by atoms with Crippen LogP contribution in [-0.4, -0.2) is 15.5 Å². The van der Waals surface area contributed by atoms with Gasteiger partial charge in [-0.2, -0.15) is 0 Å². The minimum Gasteiger partial charge on any atom is -0.459 e. The van der Waals surface area contributed by atoms with Crippen molar-refractivity contribution in [3.05, 3.63) is 80.0 Å². The first-order chi connectivity index (χ1) is 12.0. The molecule has 2 aromatic carbocycles. The number of halogens is 1. The summed E-state index contributed by atoms with van der Waals surface area (Å²) in [4.78, 5) is 39.7. The lowest BCUT2D eigenvalue weighted by Crippen LogP contribution is -2.40. The van der Waals surface area contributed by atoms with E-state index in [-0.39, 0.29) is 12.0 Å². The summed E-state index contributed by atoms with van der Waals surface area (Å²) in [6, 6.07) is 12.6. The van der Waals surface area contributed by atoms with E-state index in [2.05, 4.69) is 4.98 Å². The fourth-order valence-corrected chi connectivity index (χ4v) is 2.68. The van der Waals surface area contributed by atoms with Crippen molar-refractivity contribution in [3.63, 3.8) is 0 Å². The highest BCUT2D eigenvalue weighted by molar-refractivity contribution is 6.31. The summed E-state index contributed by atoms with van der Waals surface area (Å²) >= 11 is 5.91. The van der Waals surface area contributed by atoms with E-state index in [1.807, 2.05) is 30.3 Å². The highest BCUT2D eigenvalue weighted by Gasteiger charge is 2.21. The number of aromatic nitrogens is 2. The average Bonchev–Trinajstić information content (AvgIpc) is 2.61. The van der Waals surface area contributed by atoms with Gasteiger partial charge in [-0.15, -0.1) is 0 Å². The number of hydrogen-bond donors (Lipinski definition) is 1. The highest BCUT2D eigenvalue weighted by Crippen LogP contribution is 2.14. The molecule has 3 aromatic rings. The van der Waals surface area contributed by atoms with Crippen molar-refractivity contribution in [1.29, 1.82) is 0 Å². The summed E-state index contributed by atoms with van der Waals surface area (Å²) in [7, 11) is 0. The van der Waals surface area contributed by atoms with Gasteiger partial charge in [0.05, 0.1) is 10.9 Å². The third-order valence-electron chi connectivity index (χ3n) is 3.84. The van der Waals surface area contributed by atoms with Crippen LogP contribution >= 0.6 is 11.6 Å². The molecule has 0 aliphatic rings. The molecule has 0 amide bonds. The maximum atomic E-state index is 12.6. The van der Waals surface area contributed by atoms with Crippen LogP contribution in [0.15, 0.2) is 58.1 Å². The largest absolute Gasteiger partial charge is 0.459 e. The summed E-state index contributed by atoms with van der Waals surface area (Å²) < 4.78 is 6.05. The Balaban J connectivity index is 1.91. The summed E-state index contributed by atoms with van der Waals surface area (Å²) in [6.45, 7) is 1.51. The number of rotatable bonds is 4. The molecule has 0 fully saturated rings. The van der Waals surface area contributed by atoms with Gasteiger partial charge in [0, 0.05) is 5.02 Å². The Labute approximate surface area is 147 Å². The lowest BCUT2D eigenvalue weighted by atomic mass is 10.2. The maximum absolute atomic E-state index is 12.6. The van der Waals surface area contributed by atoms with Gasteiger partial charge >= 0.3 is 11.7 Å². The second-order valence-corrected chi connectivity index (χ2v) is 6.00. The Hall–Kier alpha value is -2.86. The predicted molar refractivity (Wildman–Crippen MR) is 94.8 cm³/mol. The lowest BCUT2D eigenvalue weighted by Gasteiger charge is -2.14. The molecule has 0 aliphatic heterocycles.